The van der Waals surface area contributed by atoms with Gasteiger partial charge in [0.05, 0.1) is 11.5 Å². The lowest BCUT2D eigenvalue weighted by atomic mass is 10.2. The molecule has 140 valence electrons. The van der Waals surface area contributed by atoms with Crippen LogP contribution in [0.3, 0.4) is 0 Å². The highest BCUT2D eigenvalue weighted by Gasteiger charge is 2.17. The number of nitrogens with zero attached hydrogens (tertiary/aromatic N) is 3. The van der Waals surface area contributed by atoms with E-state index in [4.69, 9.17) is 9.66 Å². The second-order valence-electron chi connectivity index (χ2n) is 5.71. The lowest BCUT2D eigenvalue weighted by Crippen LogP contribution is -2.45. The summed E-state index contributed by atoms with van der Waals surface area (Å²) < 4.78 is 30.9. The quantitative estimate of drug-likeness (QED) is 0.354. The minimum Gasteiger partial charge on any atom is -0.395 e. The summed E-state index contributed by atoms with van der Waals surface area (Å²) in [7, 11) is -4.30. The molecule has 1 aromatic carbocycles. The van der Waals surface area contributed by atoms with Gasteiger partial charge in [-0.2, -0.15) is 13.7 Å². The third kappa shape index (κ3) is 5.53. The van der Waals surface area contributed by atoms with E-state index in [-0.39, 0.29) is 17.1 Å². The Morgan fingerprint density at radius 3 is 2.35 bits per heavy atom. The minimum atomic E-state index is -4.30. The Morgan fingerprint density at radius 2 is 1.85 bits per heavy atom. The van der Waals surface area contributed by atoms with Crippen LogP contribution < -0.4 is 5.32 Å². The zero-order chi connectivity index (χ0) is 19.2. The van der Waals surface area contributed by atoms with Crippen LogP contribution in [0.2, 0.25) is 0 Å². The molecule has 0 aliphatic carbocycles. The van der Waals surface area contributed by atoms with Crippen molar-refractivity contribution in [3.63, 3.8) is 0 Å². The highest BCUT2D eigenvalue weighted by atomic mass is 32.2. The Bertz CT molecular complexity index is 806. The first-order valence-corrected chi connectivity index (χ1v) is 9.35. The van der Waals surface area contributed by atoms with Crippen molar-refractivity contribution in [2.75, 3.05) is 44.6 Å². The van der Waals surface area contributed by atoms with Crippen LogP contribution >= 0.6 is 0 Å². The van der Waals surface area contributed by atoms with Gasteiger partial charge in [-0.1, -0.05) is 0 Å². The summed E-state index contributed by atoms with van der Waals surface area (Å²) in [5, 5.41) is 20.7. The average molecular weight is 380 g/mol. The number of amides is 1. The van der Waals surface area contributed by atoms with Crippen molar-refractivity contribution >= 4 is 21.7 Å². The zero-order valence-corrected chi connectivity index (χ0v) is 14.8. The van der Waals surface area contributed by atoms with Gasteiger partial charge in [-0.3, -0.25) is 14.2 Å². The molecule has 1 fully saturated rings. The topological polar surface area (TPSA) is 134 Å². The van der Waals surface area contributed by atoms with Crippen LogP contribution in [0.1, 0.15) is 0 Å². The van der Waals surface area contributed by atoms with Crippen molar-refractivity contribution in [1.29, 1.82) is 5.26 Å². The molecular weight excluding hydrogens is 360 g/mol. The van der Waals surface area contributed by atoms with E-state index in [1.165, 1.54) is 18.3 Å². The molecule has 3 N–H and O–H groups in total. The molecule has 1 aromatic rings. The third-order valence-electron chi connectivity index (χ3n) is 3.91. The fourth-order valence-electron chi connectivity index (χ4n) is 2.49. The van der Waals surface area contributed by atoms with E-state index in [9.17, 15) is 18.5 Å². The number of aliphatic hydroxyl groups excluding tert-OH is 1. The first-order valence-electron chi connectivity index (χ1n) is 7.91. The molecule has 26 heavy (non-hydrogen) atoms. The van der Waals surface area contributed by atoms with Gasteiger partial charge in [-0.15, -0.1) is 0 Å². The number of piperazine rings is 1. The first-order chi connectivity index (χ1) is 12.3. The molecule has 1 aliphatic rings. The summed E-state index contributed by atoms with van der Waals surface area (Å²) in [5.41, 5.74) is 0.232. The van der Waals surface area contributed by atoms with Gasteiger partial charge in [0, 0.05) is 44.6 Å². The predicted octanol–water partition coefficient (Wildman–Crippen LogP) is -0.111. The van der Waals surface area contributed by atoms with Crippen molar-refractivity contribution < 1.29 is 22.9 Å². The summed E-state index contributed by atoms with van der Waals surface area (Å²) in [6, 6.07) is 6.81. The van der Waals surface area contributed by atoms with Gasteiger partial charge >= 0.3 is 0 Å². The monoisotopic (exact) mass is 380 g/mol. The molecule has 9 nitrogen and oxygen atoms in total. The van der Waals surface area contributed by atoms with Gasteiger partial charge in [0.1, 0.15) is 11.6 Å². The van der Waals surface area contributed by atoms with Gasteiger partial charge in [-0.05, 0) is 24.3 Å². The van der Waals surface area contributed by atoms with E-state index in [1.54, 1.807) is 0 Å². The number of hydrogen-bond donors (Lipinski definition) is 3. The Balaban J connectivity index is 1.99. The number of rotatable bonds is 6. The van der Waals surface area contributed by atoms with Gasteiger partial charge in [0.15, 0.2) is 0 Å². The van der Waals surface area contributed by atoms with Crippen molar-refractivity contribution in [2.45, 2.75) is 4.90 Å². The van der Waals surface area contributed by atoms with E-state index >= 15 is 0 Å². The average Bonchev–Trinajstić information content (AvgIpc) is 2.61. The van der Waals surface area contributed by atoms with Crippen LogP contribution in [0, 0.1) is 11.3 Å². The molecule has 0 bridgehead atoms. The smallest absolute Gasteiger partial charge is 0.294 e. The molecule has 0 aromatic heterocycles. The fraction of sp³-hybridized carbons (Fsp3) is 0.375. The summed E-state index contributed by atoms with van der Waals surface area (Å²) in [4.78, 5) is 15.9. The van der Waals surface area contributed by atoms with Crippen LogP contribution in [-0.4, -0.2) is 73.1 Å². The SMILES string of the molecule is N#C/C(=C/N1CCN(CCO)CC1)C(=O)Nc1ccc(S(=O)(=O)O)cc1. The lowest BCUT2D eigenvalue weighted by molar-refractivity contribution is -0.112. The molecule has 1 heterocycles. The standard InChI is InChI=1S/C16H20N4O5S/c17-11-13(12-20-7-5-19(6-8-20)9-10-21)16(22)18-14-1-3-15(4-2-14)26(23,24)25/h1-4,12,21H,5-10H2,(H,18,22)(H,23,24,25)/b13-12-. The van der Waals surface area contributed by atoms with Crippen LogP contribution in [0.4, 0.5) is 5.69 Å². The lowest BCUT2D eigenvalue weighted by Gasteiger charge is -2.33. The minimum absolute atomic E-state index is 0.0699. The largest absolute Gasteiger partial charge is 0.395 e. The number of β-amino-alcohol motifs (C(OH)–C–C–N with tert-alkyl or cyclic N) is 1. The number of carbonyl (C=O) groups excluding carboxylic acids is 1. The van der Waals surface area contributed by atoms with Crippen LogP contribution in [0.15, 0.2) is 40.9 Å². The Morgan fingerprint density at radius 1 is 1.23 bits per heavy atom. The normalized spacial score (nSPS) is 16.2. The van der Waals surface area contributed by atoms with Crippen molar-refractivity contribution in [3.05, 3.63) is 36.0 Å². The van der Waals surface area contributed by atoms with Crippen molar-refractivity contribution in [2.24, 2.45) is 0 Å². The molecule has 0 unspecified atom stereocenters. The second kappa shape index (κ2) is 8.77. The Kier molecular flexibility index (Phi) is 6.70. The maximum atomic E-state index is 12.2. The molecule has 1 aliphatic heterocycles. The molecule has 1 saturated heterocycles. The molecule has 10 heteroatoms. The molecular formula is C16H20N4O5S. The molecule has 0 atom stereocenters. The second-order valence-corrected chi connectivity index (χ2v) is 7.13. The number of nitriles is 1. The number of hydrogen-bond acceptors (Lipinski definition) is 7. The Labute approximate surface area is 151 Å². The Hall–Kier alpha value is -2.45. The summed E-state index contributed by atoms with van der Waals surface area (Å²) >= 11 is 0. The van der Waals surface area contributed by atoms with Crippen LogP contribution in [-0.2, 0) is 14.9 Å². The van der Waals surface area contributed by atoms with Crippen molar-refractivity contribution in [1.82, 2.24) is 9.80 Å². The molecule has 0 saturated carbocycles. The maximum Gasteiger partial charge on any atom is 0.294 e. The molecule has 0 radical (unpaired) electrons. The number of aliphatic hydroxyl groups is 1. The fourth-order valence-corrected chi connectivity index (χ4v) is 2.97. The molecule has 2 rings (SSSR count). The summed E-state index contributed by atoms with van der Waals surface area (Å²) in [6.45, 7) is 3.44. The predicted molar refractivity (Wildman–Crippen MR) is 93.7 cm³/mol. The molecule has 0 spiro atoms. The van der Waals surface area contributed by atoms with E-state index in [1.807, 2.05) is 11.0 Å². The summed E-state index contributed by atoms with van der Waals surface area (Å²) in [5.74, 6) is -0.607. The van der Waals surface area contributed by atoms with E-state index < -0.39 is 16.0 Å². The highest BCUT2D eigenvalue weighted by Crippen LogP contribution is 2.15. The third-order valence-corrected chi connectivity index (χ3v) is 4.78. The number of benzene rings is 1. The van der Waals surface area contributed by atoms with E-state index in [0.29, 0.717) is 25.3 Å². The van der Waals surface area contributed by atoms with Gasteiger partial charge < -0.3 is 15.3 Å². The first kappa shape index (κ1) is 19.9. The van der Waals surface area contributed by atoms with Gasteiger partial charge in [0.2, 0.25) is 0 Å². The van der Waals surface area contributed by atoms with Crippen molar-refractivity contribution in [3.8, 4) is 6.07 Å². The van der Waals surface area contributed by atoms with Crippen LogP contribution in [0.25, 0.3) is 0 Å². The van der Waals surface area contributed by atoms with Gasteiger partial charge in [-0.25, -0.2) is 0 Å². The maximum absolute atomic E-state index is 12.2. The van der Waals surface area contributed by atoms with Crippen LogP contribution in [0.5, 0.6) is 0 Å². The number of anilines is 1. The van der Waals surface area contributed by atoms with E-state index in [0.717, 1.165) is 25.2 Å². The van der Waals surface area contributed by atoms with E-state index in [2.05, 4.69) is 10.2 Å². The summed E-state index contributed by atoms with van der Waals surface area (Å²) in [6.07, 6.45) is 1.50. The zero-order valence-electron chi connectivity index (χ0n) is 14.0. The number of carbonyl (C=O) groups is 1. The highest BCUT2D eigenvalue weighted by molar-refractivity contribution is 7.85. The number of nitrogens with one attached hydrogen (secondary N) is 1. The van der Waals surface area contributed by atoms with Gasteiger partial charge in [0.25, 0.3) is 16.0 Å². The molecule has 1 amide bonds.